The second-order valence-corrected chi connectivity index (χ2v) is 0. The molecule has 0 spiro atoms. The summed E-state index contributed by atoms with van der Waals surface area (Å²) >= 11 is 0. The van der Waals surface area contributed by atoms with Crippen molar-refractivity contribution in [1.29, 1.82) is 0 Å². The first kappa shape index (κ1) is 62.5. The van der Waals surface area contributed by atoms with E-state index in [4.69, 9.17) is 0 Å². The summed E-state index contributed by atoms with van der Waals surface area (Å²) in [5, 5.41) is 0. The molecule has 0 saturated heterocycles. The predicted molar refractivity (Wildman–Crippen MR) is 17.3 cm³/mol. The Morgan fingerprint density at radius 1 is 0.667 bits per heavy atom. The van der Waals surface area contributed by atoms with Crippen LogP contribution >= 0.6 is 0 Å². The molecule has 0 aliphatic carbocycles. The van der Waals surface area contributed by atoms with Gasteiger partial charge in [-0.25, -0.2) is 0 Å². The quantitative estimate of drug-likeness (QED) is 0.444. The largest absolute Gasteiger partial charge is 2.00 e. The monoisotopic (exact) mass is 412 g/mol. The molecule has 0 saturated carbocycles. The van der Waals surface area contributed by atoms with Crippen molar-refractivity contribution in [3.63, 3.8) is 0 Å². The first-order valence-corrected chi connectivity index (χ1v) is 0. The topological polar surface area (TPSA) is 0 Å². The van der Waals surface area contributed by atoms with Crippen LogP contribution in [0.1, 0.15) is 0 Å². The molecule has 0 atom stereocenters. The molecular formula is CoMnNiSe3. The Hall–Kier alpha value is 3.08. The van der Waals surface area contributed by atoms with Crippen LogP contribution in [0.3, 0.4) is 0 Å². The molecule has 0 amide bonds. The molecule has 2 radical (unpaired) electrons. The van der Waals surface area contributed by atoms with E-state index < -0.39 is 0 Å². The molecule has 0 rings (SSSR count). The van der Waals surface area contributed by atoms with Gasteiger partial charge < -0.3 is 51.2 Å². The van der Waals surface area contributed by atoms with E-state index in [0.717, 1.165) is 0 Å². The van der Waals surface area contributed by atoms with Gasteiger partial charge in [0.15, 0.2) is 0 Å². The molecule has 0 N–H and O–H groups in total. The number of rotatable bonds is 0. The zero-order valence-corrected chi connectivity index (χ0v) is 10.6. The van der Waals surface area contributed by atoms with Crippen molar-refractivity contribution in [2.45, 2.75) is 0 Å². The molecule has 6 heavy (non-hydrogen) atoms. The smallest absolute Gasteiger partial charge is 2.00 e. The predicted octanol–water partition coefficient (Wildman–Crippen LogP) is -1.15. The normalized spacial score (nSPS) is 0. The van der Waals surface area contributed by atoms with Gasteiger partial charge in [-0.3, -0.25) is 0 Å². The molecule has 0 fully saturated rings. The molecule has 0 aromatic rings. The van der Waals surface area contributed by atoms with Crippen LogP contribution < -0.4 is 0 Å². The molecule has 0 heterocycles. The number of hydrogen-bond donors (Lipinski definition) is 0. The Morgan fingerprint density at radius 3 is 0.667 bits per heavy atom. The Balaban J connectivity index is 0. The molecule has 0 bridgehead atoms. The minimum Gasteiger partial charge on any atom is -2.00 e. The van der Waals surface area contributed by atoms with Crippen LogP contribution in [0.4, 0.5) is 0 Å². The molecule has 0 aromatic heterocycles. The summed E-state index contributed by atoms with van der Waals surface area (Å²) < 4.78 is 0. The average Bonchev–Trinajstić information content (AvgIpc) is 0. The maximum atomic E-state index is 0. The van der Waals surface area contributed by atoms with Gasteiger partial charge in [0.1, 0.15) is 0 Å². The molecular weight excluding hydrogens is 409 g/mol. The van der Waals surface area contributed by atoms with E-state index in [9.17, 15) is 0 Å². The summed E-state index contributed by atoms with van der Waals surface area (Å²) in [6, 6.07) is 0. The van der Waals surface area contributed by atoms with Crippen LogP contribution in [-0.4, -0.2) is 51.2 Å². The van der Waals surface area contributed by atoms with Gasteiger partial charge in [0.2, 0.25) is 0 Å². The van der Waals surface area contributed by atoms with E-state index in [1.165, 1.54) is 0 Å². The van der Waals surface area contributed by atoms with Crippen LogP contribution in [-0.2, 0) is 50.3 Å². The van der Waals surface area contributed by atoms with Crippen molar-refractivity contribution in [2.24, 2.45) is 0 Å². The second-order valence-electron chi connectivity index (χ2n) is 0. The van der Waals surface area contributed by atoms with Gasteiger partial charge in [-0.1, -0.05) is 0 Å². The van der Waals surface area contributed by atoms with Crippen molar-refractivity contribution in [2.75, 3.05) is 0 Å². The van der Waals surface area contributed by atoms with Gasteiger partial charge in [-0.2, -0.15) is 0 Å². The van der Waals surface area contributed by atoms with Crippen molar-refractivity contribution in [3.05, 3.63) is 0 Å². The molecule has 0 unspecified atom stereocenters. The first-order valence-electron chi connectivity index (χ1n) is 0. The Labute approximate surface area is 100 Å². The van der Waals surface area contributed by atoms with Crippen LogP contribution in [0.25, 0.3) is 0 Å². The fourth-order valence-electron chi connectivity index (χ4n) is 0. The van der Waals surface area contributed by atoms with Gasteiger partial charge in [-0.05, 0) is 0 Å². The van der Waals surface area contributed by atoms with Gasteiger partial charge in [0, 0.05) is 0 Å². The van der Waals surface area contributed by atoms with Crippen LogP contribution in [0.15, 0.2) is 0 Å². The molecule has 6 heteroatoms. The SMILES string of the molecule is [Co+2].[Mn+2].[Ni+2].[Se-2].[Se-2].[Se-2]. The van der Waals surface area contributed by atoms with Crippen LogP contribution in [0, 0.1) is 0 Å². The van der Waals surface area contributed by atoms with Crippen molar-refractivity contribution < 1.29 is 50.3 Å². The minimum atomic E-state index is 0. The zero-order valence-electron chi connectivity index (χ0n) is 2.25. The summed E-state index contributed by atoms with van der Waals surface area (Å²) in [5.41, 5.74) is 0. The third kappa shape index (κ3) is 27.6. The second kappa shape index (κ2) is 42.7. The fraction of sp³-hybridized carbons (Fsp3) is 0. The molecule has 0 aliphatic rings. The maximum absolute atomic E-state index is 0. The minimum absolute atomic E-state index is 0. The first-order chi connectivity index (χ1) is 0. The van der Waals surface area contributed by atoms with E-state index in [1.807, 2.05) is 0 Å². The summed E-state index contributed by atoms with van der Waals surface area (Å²) in [5.74, 6) is 0. The molecule has 0 nitrogen and oxygen atoms in total. The fourth-order valence-corrected chi connectivity index (χ4v) is 0. The number of hydrogen-bond acceptors (Lipinski definition) is 0. The molecule has 44 valence electrons. The van der Waals surface area contributed by atoms with E-state index >= 15 is 0 Å². The van der Waals surface area contributed by atoms with Crippen molar-refractivity contribution in [3.8, 4) is 0 Å². The summed E-state index contributed by atoms with van der Waals surface area (Å²) in [4.78, 5) is 0. The van der Waals surface area contributed by atoms with Crippen molar-refractivity contribution >= 4 is 51.2 Å². The Kier molecular flexibility index (Phi) is 445. The van der Waals surface area contributed by atoms with Gasteiger partial charge >= 0.3 is 50.3 Å². The average molecular weight is 409 g/mol. The van der Waals surface area contributed by atoms with E-state index in [1.54, 1.807) is 0 Å². The zero-order chi connectivity index (χ0) is 0. The van der Waals surface area contributed by atoms with E-state index in [2.05, 4.69) is 0 Å². The summed E-state index contributed by atoms with van der Waals surface area (Å²) in [7, 11) is 0. The Morgan fingerprint density at radius 2 is 0.667 bits per heavy atom. The maximum Gasteiger partial charge on any atom is 2.00 e. The van der Waals surface area contributed by atoms with Gasteiger partial charge in [0.05, 0.1) is 0 Å². The van der Waals surface area contributed by atoms with Crippen molar-refractivity contribution in [1.82, 2.24) is 0 Å². The standard InChI is InChI=1S/Co.Mn.Ni.3Se/q3*+2;3*-2. The summed E-state index contributed by atoms with van der Waals surface area (Å²) in [6.07, 6.45) is 0. The van der Waals surface area contributed by atoms with Crippen LogP contribution in [0.5, 0.6) is 0 Å². The summed E-state index contributed by atoms with van der Waals surface area (Å²) in [6.45, 7) is 0. The van der Waals surface area contributed by atoms with E-state index in [-0.39, 0.29) is 102 Å². The molecule has 0 aliphatic heterocycles. The third-order valence-electron chi connectivity index (χ3n) is 0. The van der Waals surface area contributed by atoms with E-state index in [0.29, 0.717) is 0 Å². The van der Waals surface area contributed by atoms with Gasteiger partial charge in [-0.15, -0.1) is 0 Å². The molecule has 0 aromatic carbocycles. The van der Waals surface area contributed by atoms with Crippen LogP contribution in [0.2, 0.25) is 0 Å². The Bertz CT molecular complexity index is 10.8. The van der Waals surface area contributed by atoms with Gasteiger partial charge in [0.25, 0.3) is 0 Å². The third-order valence-corrected chi connectivity index (χ3v) is 0.